The van der Waals surface area contributed by atoms with Crippen LogP contribution in [0.5, 0.6) is 0 Å². The molecule has 0 aliphatic carbocycles. The zero-order valence-corrected chi connectivity index (χ0v) is 33.1. The molecule has 1 atom stereocenters. The van der Waals surface area contributed by atoms with E-state index in [9.17, 15) is 4.79 Å². The van der Waals surface area contributed by atoms with Gasteiger partial charge in [0, 0.05) is 19.6 Å². The summed E-state index contributed by atoms with van der Waals surface area (Å²) in [5.74, 6) is -0.136. The molecule has 0 aromatic heterocycles. The fraction of sp³-hybridized carbons (Fsp3) is 0.930. The first kappa shape index (κ1) is 47.1. The first-order valence-electron chi connectivity index (χ1n) is 21.2. The van der Waals surface area contributed by atoms with Crippen LogP contribution in [0.2, 0.25) is 0 Å². The van der Waals surface area contributed by atoms with Crippen molar-refractivity contribution in [2.45, 2.75) is 213 Å². The number of hydrogen-bond donors (Lipinski definition) is 0. The number of hydrogen-bond acceptors (Lipinski definition) is 5. The minimum atomic E-state index is -0.308. The maximum atomic E-state index is 12.4. The van der Waals surface area contributed by atoms with Crippen LogP contribution in [0.3, 0.4) is 0 Å². The summed E-state index contributed by atoms with van der Waals surface area (Å²) in [5.41, 5.74) is 0. The van der Waals surface area contributed by atoms with Crippen molar-refractivity contribution in [3.8, 4) is 0 Å². The molecule has 0 aliphatic rings. The second kappa shape index (κ2) is 40.5. The summed E-state index contributed by atoms with van der Waals surface area (Å²) in [6.07, 6.45) is 43.0. The van der Waals surface area contributed by atoms with Gasteiger partial charge >= 0.3 is 5.97 Å². The molecule has 0 fully saturated rings. The summed E-state index contributed by atoms with van der Waals surface area (Å²) < 4.78 is 17.7. The fourth-order valence-electron chi connectivity index (χ4n) is 6.18. The van der Waals surface area contributed by atoms with Gasteiger partial charge in [0.05, 0.1) is 13.2 Å². The number of allylic oxidation sites excluding steroid dienone is 2. The van der Waals surface area contributed by atoms with E-state index in [2.05, 4.69) is 30.9 Å². The zero-order chi connectivity index (χ0) is 35.0. The summed E-state index contributed by atoms with van der Waals surface area (Å²) in [5, 5.41) is 0. The Labute approximate surface area is 301 Å². The molecule has 0 aliphatic heterocycles. The van der Waals surface area contributed by atoms with Crippen LogP contribution in [0.1, 0.15) is 206 Å². The van der Waals surface area contributed by atoms with Crippen LogP contribution in [0.15, 0.2) is 12.2 Å². The highest BCUT2D eigenvalue weighted by Crippen LogP contribution is 2.14. The summed E-state index contributed by atoms with van der Waals surface area (Å²) >= 11 is 0. The Balaban J connectivity index is 3.87. The monoisotopic (exact) mass is 680 g/mol. The maximum Gasteiger partial charge on any atom is 0.306 e. The van der Waals surface area contributed by atoms with Gasteiger partial charge in [-0.15, -0.1) is 0 Å². The zero-order valence-electron chi connectivity index (χ0n) is 33.1. The van der Waals surface area contributed by atoms with Crippen molar-refractivity contribution < 1.29 is 19.0 Å². The largest absolute Gasteiger partial charge is 0.457 e. The molecule has 0 saturated carbocycles. The van der Waals surface area contributed by atoms with Gasteiger partial charge in [-0.2, -0.15) is 0 Å². The van der Waals surface area contributed by atoms with Gasteiger partial charge in [0.25, 0.3) is 0 Å². The van der Waals surface area contributed by atoms with Crippen molar-refractivity contribution in [1.29, 1.82) is 0 Å². The number of nitrogens with zero attached hydrogens (tertiary/aromatic N) is 1. The summed E-state index contributed by atoms with van der Waals surface area (Å²) in [4.78, 5) is 14.5. The van der Waals surface area contributed by atoms with Crippen molar-refractivity contribution >= 4 is 5.97 Å². The van der Waals surface area contributed by atoms with Gasteiger partial charge in [-0.1, -0.05) is 167 Å². The molecule has 0 saturated heterocycles. The van der Waals surface area contributed by atoms with Crippen LogP contribution in [-0.4, -0.2) is 64.0 Å². The van der Waals surface area contributed by atoms with Crippen LogP contribution < -0.4 is 0 Å². The number of carbonyl (C=O) groups is 1. The van der Waals surface area contributed by atoms with Gasteiger partial charge in [0.2, 0.25) is 0 Å². The van der Waals surface area contributed by atoms with E-state index in [4.69, 9.17) is 14.2 Å². The molecule has 0 spiro atoms. The number of carbonyl (C=O) groups excluding carboxylic acids is 1. The van der Waals surface area contributed by atoms with Crippen LogP contribution in [0, 0.1) is 0 Å². The molecule has 0 N–H and O–H groups in total. The molecular weight excluding hydrogens is 594 g/mol. The second-order valence-corrected chi connectivity index (χ2v) is 14.7. The lowest BCUT2D eigenvalue weighted by Gasteiger charge is -2.19. The summed E-state index contributed by atoms with van der Waals surface area (Å²) in [7, 11) is 4.06. The lowest BCUT2D eigenvalue weighted by Crippen LogP contribution is -2.29. The molecular formula is C43H85NO4. The highest BCUT2D eigenvalue weighted by molar-refractivity contribution is 5.69. The van der Waals surface area contributed by atoms with Crippen LogP contribution >= 0.6 is 0 Å². The molecule has 1 unspecified atom stereocenters. The molecule has 5 nitrogen and oxygen atoms in total. The Bertz CT molecular complexity index is 653. The SMILES string of the molecule is CCCCCCCC/C=C\CCCCCCCCOCC(COCCCCCCCCCCCCCCCC)OC(=O)CCCN(C)C. The molecule has 0 rings (SSSR count). The molecule has 0 heterocycles. The summed E-state index contributed by atoms with van der Waals surface area (Å²) in [6.45, 7) is 7.80. The van der Waals surface area contributed by atoms with E-state index in [0.717, 1.165) is 39.0 Å². The molecule has 286 valence electrons. The molecule has 0 aromatic rings. The number of rotatable bonds is 40. The number of unbranched alkanes of at least 4 members (excludes halogenated alkanes) is 25. The van der Waals surface area contributed by atoms with Gasteiger partial charge < -0.3 is 19.1 Å². The Morgan fingerprint density at radius 3 is 1.23 bits per heavy atom. The predicted molar refractivity (Wildman–Crippen MR) is 209 cm³/mol. The smallest absolute Gasteiger partial charge is 0.306 e. The first-order chi connectivity index (χ1) is 23.6. The topological polar surface area (TPSA) is 48.0 Å². The van der Waals surface area contributed by atoms with Crippen LogP contribution in [-0.2, 0) is 19.0 Å². The second-order valence-electron chi connectivity index (χ2n) is 14.7. The third kappa shape index (κ3) is 39.5. The van der Waals surface area contributed by atoms with Crippen LogP contribution in [0.25, 0.3) is 0 Å². The van der Waals surface area contributed by atoms with E-state index in [1.54, 1.807) is 0 Å². The van der Waals surface area contributed by atoms with Gasteiger partial charge in [0.1, 0.15) is 6.10 Å². The van der Waals surface area contributed by atoms with Crippen molar-refractivity contribution in [2.24, 2.45) is 0 Å². The highest BCUT2D eigenvalue weighted by atomic mass is 16.6. The minimum absolute atomic E-state index is 0.136. The van der Waals surface area contributed by atoms with Crippen molar-refractivity contribution in [2.75, 3.05) is 47.1 Å². The maximum absolute atomic E-state index is 12.4. The van der Waals surface area contributed by atoms with E-state index in [0.29, 0.717) is 19.6 Å². The first-order valence-corrected chi connectivity index (χ1v) is 21.2. The number of esters is 1. The fourth-order valence-corrected chi connectivity index (χ4v) is 6.18. The molecule has 0 amide bonds. The Morgan fingerprint density at radius 1 is 0.500 bits per heavy atom. The third-order valence-corrected chi connectivity index (χ3v) is 9.33. The van der Waals surface area contributed by atoms with E-state index < -0.39 is 0 Å². The van der Waals surface area contributed by atoms with Crippen molar-refractivity contribution in [3.63, 3.8) is 0 Å². The van der Waals surface area contributed by atoms with E-state index >= 15 is 0 Å². The minimum Gasteiger partial charge on any atom is -0.457 e. The van der Waals surface area contributed by atoms with Crippen molar-refractivity contribution in [3.05, 3.63) is 12.2 Å². The van der Waals surface area contributed by atoms with Gasteiger partial charge in [-0.05, 0) is 65.6 Å². The molecule has 0 radical (unpaired) electrons. The standard InChI is InChI=1S/C43H85NO4/c1-5-7-9-11-13-15-17-19-21-22-24-26-28-30-32-34-39-47-41-42(48-43(45)36-35-37-44(3)4)40-46-38-33-31-29-27-25-23-20-18-16-14-12-10-8-6-2/h19,21,42H,5-18,20,22-41H2,1-4H3/b21-19-. The molecule has 5 heteroatoms. The quantitative estimate of drug-likeness (QED) is 0.0366. The van der Waals surface area contributed by atoms with E-state index in [-0.39, 0.29) is 12.1 Å². The van der Waals surface area contributed by atoms with Gasteiger partial charge in [-0.25, -0.2) is 0 Å². The molecule has 48 heavy (non-hydrogen) atoms. The number of ether oxygens (including phenoxy) is 3. The molecule has 0 aromatic carbocycles. The van der Waals surface area contributed by atoms with E-state index in [1.165, 1.54) is 167 Å². The Kier molecular flexibility index (Phi) is 39.8. The lowest BCUT2D eigenvalue weighted by atomic mass is 10.0. The van der Waals surface area contributed by atoms with Crippen LogP contribution in [0.4, 0.5) is 0 Å². The van der Waals surface area contributed by atoms with E-state index in [1.807, 2.05) is 14.1 Å². The Morgan fingerprint density at radius 2 is 0.854 bits per heavy atom. The third-order valence-electron chi connectivity index (χ3n) is 9.33. The normalized spacial score (nSPS) is 12.4. The average Bonchev–Trinajstić information content (AvgIpc) is 3.07. The predicted octanol–water partition coefficient (Wildman–Crippen LogP) is 12.8. The van der Waals surface area contributed by atoms with Gasteiger partial charge in [0.15, 0.2) is 0 Å². The molecule has 0 bridgehead atoms. The lowest BCUT2D eigenvalue weighted by molar-refractivity contribution is -0.156. The highest BCUT2D eigenvalue weighted by Gasteiger charge is 2.15. The Hall–Kier alpha value is -0.910. The average molecular weight is 680 g/mol. The summed E-state index contributed by atoms with van der Waals surface area (Å²) in [6, 6.07) is 0. The van der Waals surface area contributed by atoms with Crippen molar-refractivity contribution in [1.82, 2.24) is 4.90 Å². The van der Waals surface area contributed by atoms with Gasteiger partial charge in [-0.3, -0.25) is 4.79 Å².